The van der Waals surface area contributed by atoms with Gasteiger partial charge >= 0.3 is 0 Å². The second kappa shape index (κ2) is 18.3. The third-order valence-electron chi connectivity index (χ3n) is 12.7. The summed E-state index contributed by atoms with van der Waals surface area (Å²) in [4.78, 5) is 0. The molecule has 0 saturated carbocycles. The van der Waals surface area contributed by atoms with Gasteiger partial charge in [0.1, 0.15) is 0 Å². The van der Waals surface area contributed by atoms with Gasteiger partial charge in [-0.15, -0.1) is 0 Å². The molecule has 0 spiro atoms. The maximum atomic E-state index is 2.41. The molecule has 0 amide bonds. The molecule has 66 heavy (non-hydrogen) atoms. The van der Waals surface area contributed by atoms with Crippen LogP contribution in [0.15, 0.2) is 267 Å². The van der Waals surface area contributed by atoms with Crippen LogP contribution in [0.4, 0.5) is 0 Å². The van der Waals surface area contributed by atoms with E-state index in [2.05, 4.69) is 279 Å². The lowest BCUT2D eigenvalue weighted by Gasteiger charge is -2.20. The van der Waals surface area contributed by atoms with Crippen LogP contribution >= 0.6 is 0 Å². The van der Waals surface area contributed by atoms with Crippen LogP contribution in [-0.2, 0) is 0 Å². The second-order valence-corrected chi connectivity index (χ2v) is 16.8. The summed E-state index contributed by atoms with van der Waals surface area (Å²) in [6.07, 6.45) is 4.73. The highest BCUT2D eigenvalue weighted by Crippen LogP contribution is 2.46. The lowest BCUT2D eigenvalue weighted by atomic mass is 9.83. The number of hydrogen-bond acceptors (Lipinski definition) is 0. The molecule has 0 bridgehead atoms. The van der Waals surface area contributed by atoms with Gasteiger partial charge in [0.2, 0.25) is 0 Å². The topological polar surface area (TPSA) is 0 Å². The van der Waals surface area contributed by atoms with Gasteiger partial charge in [0.15, 0.2) is 0 Å². The maximum absolute atomic E-state index is 2.41. The third-order valence-corrected chi connectivity index (χ3v) is 12.7. The molecule has 0 aliphatic rings. The largest absolute Gasteiger partial charge is 0.0622 e. The summed E-state index contributed by atoms with van der Waals surface area (Å²) in [6, 6.07) is 96.6. The smallest absolute Gasteiger partial charge is 0.00261 e. The minimum atomic E-state index is 1.17. The molecule has 0 aromatic heterocycles. The zero-order valence-electron chi connectivity index (χ0n) is 36.6. The molecule has 0 saturated heterocycles. The Morgan fingerprint density at radius 3 is 0.773 bits per heavy atom. The molecule has 11 aromatic rings. The van der Waals surface area contributed by atoms with Crippen LogP contribution in [0, 0.1) is 0 Å². The summed E-state index contributed by atoms with van der Waals surface area (Å²) in [7, 11) is 0. The Kier molecular flexibility index (Phi) is 11.1. The van der Waals surface area contributed by atoms with E-state index in [1.807, 2.05) is 0 Å². The van der Waals surface area contributed by atoms with Crippen molar-refractivity contribution in [3.63, 3.8) is 0 Å². The van der Waals surface area contributed by atoms with E-state index in [1.165, 1.54) is 111 Å². The highest BCUT2D eigenvalue weighted by atomic mass is 14.2. The predicted molar refractivity (Wildman–Crippen MR) is 283 cm³/mol. The molecular formula is C66H46. The zero-order chi connectivity index (χ0) is 44.1. The van der Waals surface area contributed by atoms with Crippen molar-refractivity contribution in [3.05, 3.63) is 300 Å². The van der Waals surface area contributed by atoms with Crippen molar-refractivity contribution < 1.29 is 0 Å². The van der Waals surface area contributed by atoms with Crippen molar-refractivity contribution in [2.24, 2.45) is 0 Å². The van der Waals surface area contributed by atoms with Gasteiger partial charge in [-0.05, 0) is 135 Å². The van der Waals surface area contributed by atoms with Crippen molar-refractivity contribution in [3.8, 4) is 44.5 Å². The Morgan fingerprint density at radius 1 is 0.227 bits per heavy atom. The minimum absolute atomic E-state index is 1.17. The molecule has 0 aliphatic carbocycles. The Labute approximate surface area is 387 Å². The molecule has 0 N–H and O–H groups in total. The molecule has 0 radical (unpaired) electrons. The van der Waals surface area contributed by atoms with Crippen LogP contribution in [0.3, 0.4) is 0 Å². The van der Waals surface area contributed by atoms with Crippen molar-refractivity contribution in [2.45, 2.75) is 0 Å². The van der Waals surface area contributed by atoms with E-state index >= 15 is 0 Å². The monoisotopic (exact) mass is 838 g/mol. The highest BCUT2D eigenvalue weighted by molar-refractivity contribution is 6.22. The predicted octanol–water partition coefficient (Wildman–Crippen LogP) is 17.8. The normalized spacial score (nSPS) is 11.0. The highest BCUT2D eigenvalue weighted by Gasteiger charge is 2.20. The van der Waals surface area contributed by atoms with Crippen LogP contribution in [0.2, 0.25) is 0 Å². The molecule has 0 atom stereocenters. The Bertz CT molecular complexity index is 3140. The Morgan fingerprint density at radius 2 is 0.485 bits per heavy atom. The van der Waals surface area contributed by atoms with Gasteiger partial charge in [0.05, 0.1) is 0 Å². The number of rotatable bonds is 10. The van der Waals surface area contributed by atoms with Crippen molar-refractivity contribution in [2.75, 3.05) is 0 Å². The fourth-order valence-corrected chi connectivity index (χ4v) is 9.61. The van der Waals surface area contributed by atoms with E-state index in [4.69, 9.17) is 0 Å². The van der Waals surface area contributed by atoms with Gasteiger partial charge in [0, 0.05) is 0 Å². The first-order chi connectivity index (χ1) is 32.8. The minimum Gasteiger partial charge on any atom is -0.0622 e. The van der Waals surface area contributed by atoms with E-state index in [0.717, 1.165) is 0 Å². The average Bonchev–Trinajstić information content (AvgIpc) is 3.40. The van der Waals surface area contributed by atoms with Crippen molar-refractivity contribution >= 4 is 44.8 Å². The van der Waals surface area contributed by atoms with Crippen LogP contribution in [0.5, 0.6) is 0 Å². The van der Waals surface area contributed by atoms with E-state index < -0.39 is 0 Å². The number of fused-ring (bicyclic) bond motifs is 2. The first-order valence-corrected chi connectivity index (χ1v) is 22.7. The molecule has 0 heterocycles. The first-order valence-electron chi connectivity index (χ1n) is 22.7. The lowest BCUT2D eigenvalue weighted by Crippen LogP contribution is -1.94. The molecule has 0 fully saturated rings. The zero-order valence-corrected chi connectivity index (χ0v) is 36.6. The number of benzene rings is 11. The van der Waals surface area contributed by atoms with E-state index in [1.54, 1.807) is 0 Å². The van der Waals surface area contributed by atoms with E-state index in [0.29, 0.717) is 0 Å². The molecular weight excluding hydrogens is 793 g/mol. The standard InChI is InChI=1S/C66H46/c1-7-23-47(24-8-1)61(48-25-9-2-10-26-48)43-53-39-41-55(45-63(53)51-31-15-5-16-32-51)65-57-35-19-21-37-59(57)66(60-38-22-20-36-58(60)65)56-42-40-54(64(46-56)52-33-17-6-18-34-52)44-62(49-27-11-3-12-28-49)50-29-13-4-14-30-50/h1-46H. The Hall–Kier alpha value is -8.58. The molecule has 310 valence electrons. The van der Waals surface area contributed by atoms with Crippen LogP contribution in [0.25, 0.3) is 89.4 Å². The van der Waals surface area contributed by atoms with E-state index in [-0.39, 0.29) is 0 Å². The molecule has 0 unspecified atom stereocenters. The van der Waals surface area contributed by atoms with Gasteiger partial charge in [-0.1, -0.05) is 255 Å². The molecule has 11 aromatic carbocycles. The Balaban J connectivity index is 1.12. The first kappa shape index (κ1) is 40.2. The van der Waals surface area contributed by atoms with Crippen LogP contribution < -0.4 is 0 Å². The maximum Gasteiger partial charge on any atom is -0.00261 e. The molecule has 0 heteroatoms. The fraction of sp³-hybridized carbons (Fsp3) is 0. The van der Waals surface area contributed by atoms with Gasteiger partial charge < -0.3 is 0 Å². The third kappa shape index (κ3) is 7.98. The molecule has 0 nitrogen and oxygen atoms in total. The molecule has 0 aliphatic heterocycles. The van der Waals surface area contributed by atoms with Crippen LogP contribution in [-0.4, -0.2) is 0 Å². The summed E-state index contributed by atoms with van der Waals surface area (Å²) >= 11 is 0. The summed E-state index contributed by atoms with van der Waals surface area (Å²) < 4.78 is 0. The summed E-state index contributed by atoms with van der Waals surface area (Å²) in [5.74, 6) is 0. The average molecular weight is 839 g/mol. The number of hydrogen-bond donors (Lipinski definition) is 0. The van der Waals surface area contributed by atoms with Crippen molar-refractivity contribution in [1.82, 2.24) is 0 Å². The summed E-state index contributed by atoms with van der Waals surface area (Å²) in [6.45, 7) is 0. The van der Waals surface area contributed by atoms with Gasteiger partial charge in [0.25, 0.3) is 0 Å². The summed E-state index contributed by atoms with van der Waals surface area (Å²) in [5, 5.41) is 4.90. The van der Waals surface area contributed by atoms with Gasteiger partial charge in [-0.25, -0.2) is 0 Å². The van der Waals surface area contributed by atoms with Gasteiger partial charge in [-0.2, -0.15) is 0 Å². The molecule has 11 rings (SSSR count). The van der Waals surface area contributed by atoms with Crippen molar-refractivity contribution in [1.29, 1.82) is 0 Å². The van der Waals surface area contributed by atoms with Gasteiger partial charge in [-0.3, -0.25) is 0 Å². The second-order valence-electron chi connectivity index (χ2n) is 16.8. The summed E-state index contributed by atoms with van der Waals surface area (Å²) in [5.41, 5.74) is 19.1. The fourth-order valence-electron chi connectivity index (χ4n) is 9.61. The lowest BCUT2D eigenvalue weighted by molar-refractivity contribution is 1.54. The quantitative estimate of drug-likeness (QED) is 0.0951. The van der Waals surface area contributed by atoms with Crippen LogP contribution in [0.1, 0.15) is 33.4 Å². The van der Waals surface area contributed by atoms with E-state index in [9.17, 15) is 0 Å². The SMILES string of the molecule is C(=C(c1ccccc1)c1ccccc1)c1ccc(-c2c3ccccc3c(-c3ccc(C=C(c4ccccc4)c4ccccc4)c(-c4ccccc4)c3)c3ccccc23)cc1-c1ccccc1.